The first-order valence-corrected chi connectivity index (χ1v) is 6.19. The molecule has 0 amide bonds. The second kappa shape index (κ2) is 4.51. The van der Waals surface area contributed by atoms with E-state index in [9.17, 15) is 4.79 Å². The predicted molar refractivity (Wildman–Crippen MR) is 73.4 cm³/mol. The quantitative estimate of drug-likeness (QED) is 0.779. The predicted octanol–water partition coefficient (Wildman–Crippen LogP) is 2.13. The molecule has 0 aliphatic heterocycles. The van der Waals surface area contributed by atoms with Crippen LogP contribution in [-0.4, -0.2) is 19.7 Å². The number of benzene rings is 1. The van der Waals surface area contributed by atoms with Crippen molar-refractivity contribution in [1.82, 2.24) is 19.7 Å². The molecule has 1 N–H and O–H groups in total. The highest BCUT2D eigenvalue weighted by Crippen LogP contribution is 2.17. The van der Waals surface area contributed by atoms with Gasteiger partial charge in [-0.05, 0) is 18.6 Å². The lowest BCUT2D eigenvalue weighted by Crippen LogP contribution is -2.11. The Kier molecular flexibility index (Phi) is 2.83. The molecule has 5 nitrogen and oxygen atoms in total. The number of fused-ring (bicyclic) bond motifs is 1. The maximum Gasteiger partial charge on any atom is 0.262 e. The normalized spacial score (nSPS) is 11.1. The number of nitrogens with zero attached hydrogens (tertiary/aromatic N) is 3. The Morgan fingerprint density at radius 1 is 1.37 bits per heavy atom. The molecule has 0 aliphatic carbocycles. The Labute approximate surface area is 113 Å². The largest absolute Gasteiger partial charge is 0.310 e. The molecule has 0 bridgehead atoms. The average molecular weight is 275 g/mol. The van der Waals surface area contributed by atoms with Crippen LogP contribution in [0.15, 0.2) is 35.3 Å². The third kappa shape index (κ3) is 2.13. The Morgan fingerprint density at radius 2 is 2.16 bits per heavy atom. The molecule has 2 aromatic heterocycles. The number of hydrogen-bond acceptors (Lipinski definition) is 3. The molecule has 0 atom stereocenters. The Bertz CT molecular complexity index is 806. The topological polar surface area (TPSA) is 63.6 Å². The Hall–Kier alpha value is -2.14. The van der Waals surface area contributed by atoms with Gasteiger partial charge in [0.1, 0.15) is 11.2 Å². The van der Waals surface area contributed by atoms with E-state index in [2.05, 4.69) is 15.1 Å². The molecular formula is C13H11ClN4O. The first-order chi connectivity index (χ1) is 9.15. The number of aromatic nitrogens is 4. The smallest absolute Gasteiger partial charge is 0.262 e. The van der Waals surface area contributed by atoms with E-state index in [-0.39, 0.29) is 5.56 Å². The van der Waals surface area contributed by atoms with Crippen LogP contribution in [0.4, 0.5) is 0 Å². The number of hydrogen-bond donors (Lipinski definition) is 1. The summed E-state index contributed by atoms with van der Waals surface area (Å²) in [4.78, 5) is 18.7. The summed E-state index contributed by atoms with van der Waals surface area (Å²) in [6.07, 6.45) is 1.53. The van der Waals surface area contributed by atoms with E-state index in [1.165, 1.54) is 6.20 Å². The van der Waals surface area contributed by atoms with E-state index in [4.69, 9.17) is 11.6 Å². The van der Waals surface area contributed by atoms with E-state index in [1.807, 2.05) is 24.3 Å². The number of aromatic amines is 1. The Balaban J connectivity index is 2.12. The first kappa shape index (κ1) is 11.9. The number of halogens is 1. The summed E-state index contributed by atoms with van der Waals surface area (Å²) in [5.74, 6) is 0.568. The van der Waals surface area contributed by atoms with Gasteiger partial charge in [0, 0.05) is 5.02 Å². The zero-order chi connectivity index (χ0) is 13.4. The maximum atomic E-state index is 11.8. The zero-order valence-electron chi connectivity index (χ0n) is 10.2. The van der Waals surface area contributed by atoms with Gasteiger partial charge in [0.15, 0.2) is 5.65 Å². The van der Waals surface area contributed by atoms with Crippen molar-refractivity contribution in [3.05, 3.63) is 57.2 Å². The monoisotopic (exact) mass is 274 g/mol. The van der Waals surface area contributed by atoms with Crippen LogP contribution in [0.5, 0.6) is 0 Å². The van der Waals surface area contributed by atoms with Crippen LogP contribution in [0, 0.1) is 6.92 Å². The lowest BCUT2D eigenvalue weighted by Gasteiger charge is -2.05. The maximum absolute atomic E-state index is 11.8. The van der Waals surface area contributed by atoms with Crippen molar-refractivity contribution in [2.75, 3.05) is 0 Å². The third-order valence-electron chi connectivity index (χ3n) is 2.90. The zero-order valence-corrected chi connectivity index (χ0v) is 11.0. The molecule has 3 rings (SSSR count). The summed E-state index contributed by atoms with van der Waals surface area (Å²) in [5.41, 5.74) is 1.34. The average Bonchev–Trinajstić information content (AvgIpc) is 2.76. The Morgan fingerprint density at radius 3 is 2.95 bits per heavy atom. The van der Waals surface area contributed by atoms with Gasteiger partial charge in [-0.3, -0.25) is 4.79 Å². The van der Waals surface area contributed by atoms with E-state index < -0.39 is 0 Å². The molecule has 0 unspecified atom stereocenters. The third-order valence-corrected chi connectivity index (χ3v) is 3.27. The van der Waals surface area contributed by atoms with E-state index in [0.29, 0.717) is 28.4 Å². The van der Waals surface area contributed by atoms with E-state index >= 15 is 0 Å². The summed E-state index contributed by atoms with van der Waals surface area (Å²) in [6, 6.07) is 7.54. The van der Waals surface area contributed by atoms with Gasteiger partial charge in [-0.25, -0.2) is 9.67 Å². The SMILES string of the molecule is Cc1nc2c(cnn2Cc2ccccc2Cl)c(=O)[nH]1. The fourth-order valence-corrected chi connectivity index (χ4v) is 2.17. The molecule has 0 aliphatic rings. The molecule has 1 aromatic carbocycles. The number of nitrogens with one attached hydrogen (secondary N) is 1. The molecule has 2 heterocycles. The van der Waals surface area contributed by atoms with Crippen LogP contribution >= 0.6 is 11.6 Å². The number of aryl methyl sites for hydroxylation is 1. The van der Waals surface area contributed by atoms with Crippen LogP contribution in [0.3, 0.4) is 0 Å². The van der Waals surface area contributed by atoms with Crippen molar-refractivity contribution in [3.63, 3.8) is 0 Å². The molecule has 96 valence electrons. The van der Waals surface area contributed by atoms with Gasteiger partial charge in [-0.15, -0.1) is 0 Å². The van der Waals surface area contributed by atoms with Gasteiger partial charge < -0.3 is 4.98 Å². The standard InChI is InChI=1S/C13H11ClN4O/c1-8-16-12-10(13(19)17-8)6-15-18(12)7-9-4-2-3-5-11(9)14/h2-6H,7H2,1H3,(H,16,17,19). The molecule has 0 radical (unpaired) electrons. The fourth-order valence-electron chi connectivity index (χ4n) is 1.98. The second-order valence-corrected chi connectivity index (χ2v) is 4.69. The van der Waals surface area contributed by atoms with Crippen molar-refractivity contribution in [1.29, 1.82) is 0 Å². The van der Waals surface area contributed by atoms with E-state index in [0.717, 1.165) is 5.56 Å². The molecular weight excluding hydrogens is 264 g/mol. The van der Waals surface area contributed by atoms with Gasteiger partial charge in [0.2, 0.25) is 0 Å². The summed E-state index contributed by atoms with van der Waals surface area (Å²) in [5, 5.41) is 5.37. The minimum atomic E-state index is -0.173. The highest BCUT2D eigenvalue weighted by Gasteiger charge is 2.10. The van der Waals surface area contributed by atoms with Gasteiger partial charge in [0.05, 0.1) is 12.7 Å². The molecule has 0 spiro atoms. The number of rotatable bonds is 2. The lowest BCUT2D eigenvalue weighted by atomic mass is 10.2. The molecule has 3 aromatic rings. The molecule has 0 saturated heterocycles. The summed E-state index contributed by atoms with van der Waals surface area (Å²) in [6.45, 7) is 2.23. The van der Waals surface area contributed by atoms with Gasteiger partial charge in [-0.1, -0.05) is 29.8 Å². The van der Waals surface area contributed by atoms with Gasteiger partial charge in [0.25, 0.3) is 5.56 Å². The van der Waals surface area contributed by atoms with Crippen LogP contribution in [0.1, 0.15) is 11.4 Å². The van der Waals surface area contributed by atoms with Crippen molar-refractivity contribution in [2.45, 2.75) is 13.5 Å². The minimum Gasteiger partial charge on any atom is -0.310 e. The van der Waals surface area contributed by atoms with Crippen molar-refractivity contribution >= 4 is 22.6 Å². The van der Waals surface area contributed by atoms with Gasteiger partial charge >= 0.3 is 0 Å². The first-order valence-electron chi connectivity index (χ1n) is 5.81. The van der Waals surface area contributed by atoms with Crippen LogP contribution < -0.4 is 5.56 Å². The van der Waals surface area contributed by atoms with E-state index in [1.54, 1.807) is 11.6 Å². The van der Waals surface area contributed by atoms with Crippen molar-refractivity contribution in [3.8, 4) is 0 Å². The highest BCUT2D eigenvalue weighted by atomic mass is 35.5. The minimum absolute atomic E-state index is 0.173. The molecule has 0 fully saturated rings. The van der Waals surface area contributed by atoms with Gasteiger partial charge in [-0.2, -0.15) is 5.10 Å². The van der Waals surface area contributed by atoms with Crippen LogP contribution in [0.25, 0.3) is 11.0 Å². The summed E-state index contributed by atoms with van der Waals surface area (Å²) < 4.78 is 1.68. The lowest BCUT2D eigenvalue weighted by molar-refractivity contribution is 0.702. The number of H-pyrrole nitrogens is 1. The summed E-state index contributed by atoms with van der Waals surface area (Å²) >= 11 is 6.13. The second-order valence-electron chi connectivity index (χ2n) is 4.28. The summed E-state index contributed by atoms with van der Waals surface area (Å²) in [7, 11) is 0. The highest BCUT2D eigenvalue weighted by molar-refractivity contribution is 6.31. The molecule has 19 heavy (non-hydrogen) atoms. The van der Waals surface area contributed by atoms with Crippen LogP contribution in [0.2, 0.25) is 5.02 Å². The van der Waals surface area contributed by atoms with Crippen LogP contribution in [-0.2, 0) is 6.54 Å². The molecule has 0 saturated carbocycles. The fraction of sp³-hybridized carbons (Fsp3) is 0.154. The molecule has 6 heteroatoms. The van der Waals surface area contributed by atoms with Crippen molar-refractivity contribution < 1.29 is 0 Å². The van der Waals surface area contributed by atoms with Crippen molar-refractivity contribution in [2.24, 2.45) is 0 Å².